The molecule has 0 radical (unpaired) electrons. The monoisotopic (exact) mass is 310 g/mol. The molecule has 2 heterocycles. The lowest BCUT2D eigenvalue weighted by Gasteiger charge is -2.34. The third-order valence-corrected chi connectivity index (χ3v) is 4.25. The molecule has 1 saturated heterocycles. The van der Waals surface area contributed by atoms with Crippen LogP contribution in [0.4, 0.5) is 0 Å². The largest absolute Gasteiger partial charge is 0.379 e. The molecule has 1 unspecified atom stereocenters. The van der Waals surface area contributed by atoms with Crippen LogP contribution in [0.2, 0.25) is 0 Å². The first-order valence-corrected chi connectivity index (χ1v) is 8.01. The van der Waals surface area contributed by atoms with E-state index in [-0.39, 0.29) is 11.4 Å². The summed E-state index contributed by atoms with van der Waals surface area (Å²) in [4.78, 5) is 17.2. The average Bonchev–Trinajstić information content (AvgIpc) is 2.55. The summed E-state index contributed by atoms with van der Waals surface area (Å²) in [5.41, 5.74) is 3.00. The van der Waals surface area contributed by atoms with Crippen LogP contribution < -0.4 is 5.32 Å². The van der Waals surface area contributed by atoms with Crippen LogP contribution in [0.3, 0.4) is 0 Å². The second-order valence-electron chi connectivity index (χ2n) is 6.37. The van der Waals surface area contributed by atoms with Gasteiger partial charge in [0.1, 0.15) is 0 Å². The van der Waals surface area contributed by atoms with Gasteiger partial charge >= 0.3 is 0 Å². The molecule has 1 amide bonds. The van der Waals surface area contributed by atoms with Crippen LogP contribution in [0.15, 0.2) is 42.5 Å². The van der Waals surface area contributed by atoms with E-state index in [0.29, 0.717) is 12.2 Å². The van der Waals surface area contributed by atoms with E-state index in [4.69, 9.17) is 4.74 Å². The summed E-state index contributed by atoms with van der Waals surface area (Å²) in [6.07, 6.45) is 1.91. The van der Waals surface area contributed by atoms with Crippen molar-refractivity contribution in [1.82, 2.24) is 10.3 Å². The molecule has 1 fully saturated rings. The molecular weight excluding hydrogens is 288 g/mol. The number of pyridine rings is 1. The first-order valence-electron chi connectivity index (χ1n) is 8.01. The molecule has 1 atom stereocenters. The maximum atomic E-state index is 12.6. The van der Waals surface area contributed by atoms with Gasteiger partial charge < -0.3 is 10.1 Å². The van der Waals surface area contributed by atoms with Crippen molar-refractivity contribution in [3.63, 3.8) is 0 Å². The van der Waals surface area contributed by atoms with Crippen molar-refractivity contribution in [3.8, 4) is 11.3 Å². The van der Waals surface area contributed by atoms with E-state index in [2.05, 4.69) is 10.3 Å². The molecule has 0 aliphatic carbocycles. The van der Waals surface area contributed by atoms with Crippen molar-refractivity contribution >= 4 is 5.91 Å². The van der Waals surface area contributed by atoms with Gasteiger partial charge in [0.15, 0.2) is 0 Å². The lowest BCUT2D eigenvalue weighted by molar-refractivity contribution is 0.0272. The molecule has 4 heteroatoms. The lowest BCUT2D eigenvalue weighted by atomic mass is 9.94. The van der Waals surface area contributed by atoms with Gasteiger partial charge in [-0.1, -0.05) is 30.3 Å². The fourth-order valence-corrected chi connectivity index (χ4v) is 2.94. The van der Waals surface area contributed by atoms with Crippen LogP contribution in [0, 0.1) is 6.92 Å². The molecular formula is C19H22N2O2. The predicted octanol–water partition coefficient (Wildman–Crippen LogP) is 3.36. The highest BCUT2D eigenvalue weighted by Crippen LogP contribution is 2.21. The Kier molecular flexibility index (Phi) is 4.44. The van der Waals surface area contributed by atoms with Crippen molar-refractivity contribution < 1.29 is 9.53 Å². The molecule has 2 aromatic rings. The van der Waals surface area contributed by atoms with Crippen LogP contribution in [0.25, 0.3) is 11.3 Å². The second-order valence-corrected chi connectivity index (χ2v) is 6.37. The summed E-state index contributed by atoms with van der Waals surface area (Å²) in [5, 5.41) is 3.11. The van der Waals surface area contributed by atoms with E-state index in [0.717, 1.165) is 36.4 Å². The number of ether oxygens (including phenoxy) is 1. The minimum absolute atomic E-state index is 0.0809. The normalized spacial score (nSPS) is 21.0. The molecule has 23 heavy (non-hydrogen) atoms. The first kappa shape index (κ1) is 15.7. The summed E-state index contributed by atoms with van der Waals surface area (Å²) in [5.74, 6) is -0.0809. The number of nitrogens with zero attached hydrogens (tertiary/aromatic N) is 1. The first-order chi connectivity index (χ1) is 11.1. The number of benzene rings is 1. The smallest absolute Gasteiger partial charge is 0.253 e. The van der Waals surface area contributed by atoms with Gasteiger partial charge in [0, 0.05) is 12.2 Å². The van der Waals surface area contributed by atoms with E-state index in [1.54, 1.807) is 0 Å². The molecule has 1 aromatic carbocycles. The van der Waals surface area contributed by atoms with Crippen LogP contribution >= 0.6 is 0 Å². The second kappa shape index (κ2) is 6.50. The fourth-order valence-electron chi connectivity index (χ4n) is 2.94. The Hall–Kier alpha value is -2.20. The zero-order valence-electron chi connectivity index (χ0n) is 13.6. The van der Waals surface area contributed by atoms with E-state index >= 15 is 0 Å². The zero-order valence-corrected chi connectivity index (χ0v) is 13.6. The van der Waals surface area contributed by atoms with Crippen molar-refractivity contribution in [2.45, 2.75) is 32.2 Å². The van der Waals surface area contributed by atoms with Crippen LogP contribution in [-0.2, 0) is 4.74 Å². The third-order valence-electron chi connectivity index (χ3n) is 4.25. The molecule has 0 saturated carbocycles. The standard InChI is InChI=1S/C19H22N2O2/c1-14-16(18(22)21-19(2)11-6-12-23-13-19)9-10-17(20-14)15-7-4-3-5-8-15/h3-5,7-10H,6,11-13H2,1-2H3,(H,21,22). The van der Waals surface area contributed by atoms with Gasteiger partial charge in [-0.05, 0) is 38.8 Å². The average molecular weight is 310 g/mol. The van der Waals surface area contributed by atoms with Gasteiger partial charge in [0.2, 0.25) is 0 Å². The van der Waals surface area contributed by atoms with Crippen molar-refractivity contribution in [2.24, 2.45) is 0 Å². The van der Waals surface area contributed by atoms with E-state index in [1.165, 1.54) is 0 Å². The molecule has 120 valence electrons. The number of hydrogen-bond donors (Lipinski definition) is 1. The van der Waals surface area contributed by atoms with Crippen LogP contribution in [-0.4, -0.2) is 29.6 Å². The summed E-state index contributed by atoms with van der Waals surface area (Å²) < 4.78 is 5.50. The van der Waals surface area contributed by atoms with Crippen LogP contribution in [0.5, 0.6) is 0 Å². The molecule has 1 aliphatic heterocycles. The maximum absolute atomic E-state index is 12.6. The highest BCUT2D eigenvalue weighted by Gasteiger charge is 2.30. The van der Waals surface area contributed by atoms with Gasteiger partial charge in [0.05, 0.1) is 29.1 Å². The molecule has 3 rings (SSSR count). The molecule has 1 N–H and O–H groups in total. The van der Waals surface area contributed by atoms with Gasteiger partial charge in [-0.15, -0.1) is 0 Å². The Bertz CT molecular complexity index is 692. The summed E-state index contributed by atoms with van der Waals surface area (Å²) in [7, 11) is 0. The van der Waals surface area contributed by atoms with Crippen molar-refractivity contribution in [2.75, 3.05) is 13.2 Å². The fraction of sp³-hybridized carbons (Fsp3) is 0.368. The highest BCUT2D eigenvalue weighted by atomic mass is 16.5. The van der Waals surface area contributed by atoms with Gasteiger partial charge in [0.25, 0.3) is 5.91 Å². The number of rotatable bonds is 3. The predicted molar refractivity (Wildman–Crippen MR) is 90.3 cm³/mol. The number of carbonyl (C=O) groups excluding carboxylic acids is 1. The van der Waals surface area contributed by atoms with Crippen molar-refractivity contribution in [3.05, 3.63) is 53.7 Å². The Morgan fingerprint density at radius 3 is 2.65 bits per heavy atom. The lowest BCUT2D eigenvalue weighted by Crippen LogP contribution is -2.51. The van der Waals surface area contributed by atoms with E-state index in [1.807, 2.05) is 56.3 Å². The zero-order chi connectivity index (χ0) is 16.3. The molecule has 4 nitrogen and oxygen atoms in total. The van der Waals surface area contributed by atoms with Crippen LogP contribution in [0.1, 0.15) is 35.8 Å². The van der Waals surface area contributed by atoms with E-state index in [9.17, 15) is 4.79 Å². The van der Waals surface area contributed by atoms with Gasteiger partial charge in [-0.25, -0.2) is 0 Å². The van der Waals surface area contributed by atoms with E-state index < -0.39 is 0 Å². The maximum Gasteiger partial charge on any atom is 0.253 e. The minimum atomic E-state index is -0.292. The van der Waals surface area contributed by atoms with Crippen molar-refractivity contribution in [1.29, 1.82) is 0 Å². The number of carbonyl (C=O) groups is 1. The quantitative estimate of drug-likeness (QED) is 0.946. The molecule has 1 aromatic heterocycles. The van der Waals surface area contributed by atoms with Gasteiger partial charge in [-0.2, -0.15) is 0 Å². The Balaban J connectivity index is 1.79. The summed E-state index contributed by atoms with van der Waals surface area (Å²) in [6.45, 7) is 5.25. The minimum Gasteiger partial charge on any atom is -0.379 e. The summed E-state index contributed by atoms with van der Waals surface area (Å²) in [6, 6.07) is 13.7. The summed E-state index contributed by atoms with van der Waals surface area (Å²) >= 11 is 0. The highest BCUT2D eigenvalue weighted by molar-refractivity contribution is 5.96. The number of nitrogens with one attached hydrogen (secondary N) is 1. The molecule has 0 spiro atoms. The Labute approximate surface area is 136 Å². The number of hydrogen-bond acceptors (Lipinski definition) is 3. The SMILES string of the molecule is Cc1nc(-c2ccccc2)ccc1C(=O)NC1(C)CCCOC1. The Morgan fingerprint density at radius 2 is 2.00 bits per heavy atom. The number of amides is 1. The number of aromatic nitrogens is 1. The number of aryl methyl sites for hydroxylation is 1. The Morgan fingerprint density at radius 1 is 1.22 bits per heavy atom. The third kappa shape index (κ3) is 3.59. The topological polar surface area (TPSA) is 51.2 Å². The molecule has 0 bridgehead atoms. The van der Waals surface area contributed by atoms with Gasteiger partial charge in [-0.3, -0.25) is 9.78 Å². The molecule has 1 aliphatic rings.